The summed E-state index contributed by atoms with van der Waals surface area (Å²) in [6.45, 7) is 4.41. The van der Waals surface area contributed by atoms with Crippen molar-refractivity contribution in [1.82, 2.24) is 4.90 Å². The summed E-state index contributed by atoms with van der Waals surface area (Å²) in [4.78, 5) is 19.9. The molecule has 0 fully saturated rings. The van der Waals surface area contributed by atoms with Crippen LogP contribution in [0.15, 0.2) is 53.7 Å². The van der Waals surface area contributed by atoms with E-state index >= 15 is 0 Å². The van der Waals surface area contributed by atoms with Gasteiger partial charge in [-0.25, -0.2) is 4.39 Å². The third-order valence-electron chi connectivity index (χ3n) is 4.41. The van der Waals surface area contributed by atoms with Gasteiger partial charge in [0.15, 0.2) is 6.10 Å². The maximum absolute atomic E-state index is 13.5. The van der Waals surface area contributed by atoms with Crippen molar-refractivity contribution < 1.29 is 14.0 Å². The van der Waals surface area contributed by atoms with Crippen LogP contribution in [0.4, 0.5) is 4.39 Å². The summed E-state index contributed by atoms with van der Waals surface area (Å²) < 4.78 is 13.5. The largest absolute Gasteiger partial charge is 0.390 e. The fourth-order valence-electron chi connectivity index (χ4n) is 3.08. The van der Waals surface area contributed by atoms with Crippen LogP contribution >= 0.6 is 11.6 Å². The molecule has 1 aliphatic heterocycles. The van der Waals surface area contributed by atoms with Crippen LogP contribution in [-0.4, -0.2) is 29.2 Å². The van der Waals surface area contributed by atoms with Gasteiger partial charge in [-0.15, -0.1) is 0 Å². The number of carbonyl (C=O) groups excluding carboxylic acids is 1. The molecule has 1 aliphatic rings. The highest BCUT2D eigenvalue weighted by atomic mass is 35.5. The maximum Gasteiger partial charge on any atom is 0.225 e. The van der Waals surface area contributed by atoms with Gasteiger partial charge < -0.3 is 9.74 Å². The molecule has 0 radical (unpaired) electrons. The van der Waals surface area contributed by atoms with Gasteiger partial charge >= 0.3 is 0 Å². The molecule has 2 aromatic rings. The lowest BCUT2D eigenvalue weighted by molar-refractivity contribution is -0.137. The molecule has 6 heteroatoms. The Balaban J connectivity index is 1.70. The Morgan fingerprint density at radius 1 is 1.30 bits per heavy atom. The van der Waals surface area contributed by atoms with Crippen molar-refractivity contribution in [2.75, 3.05) is 6.54 Å². The fourth-order valence-corrected chi connectivity index (χ4v) is 3.32. The van der Waals surface area contributed by atoms with Gasteiger partial charge in [-0.2, -0.15) is 0 Å². The summed E-state index contributed by atoms with van der Waals surface area (Å²) in [5, 5.41) is 4.78. The van der Waals surface area contributed by atoms with Crippen molar-refractivity contribution in [3.8, 4) is 0 Å². The van der Waals surface area contributed by atoms with E-state index in [2.05, 4.69) is 5.16 Å². The number of hydrogen-bond donors (Lipinski definition) is 0. The van der Waals surface area contributed by atoms with E-state index in [-0.39, 0.29) is 23.7 Å². The van der Waals surface area contributed by atoms with Gasteiger partial charge in [-0.3, -0.25) is 4.79 Å². The molecule has 0 aromatic heterocycles. The molecule has 1 atom stereocenters. The van der Waals surface area contributed by atoms with Crippen LogP contribution in [0.25, 0.3) is 0 Å². The Labute approximate surface area is 163 Å². The standard InChI is InChI=1S/C21H22ClFN2O2/c1-14(2)21(26)25(12-15-6-5-7-16(23)10-15)13-17-11-20(24-27-17)18-8-3-4-9-19(18)22/h3-10,14,17H,11-13H2,1-2H3/t17-/m1/s1. The summed E-state index contributed by atoms with van der Waals surface area (Å²) in [5.41, 5.74) is 2.36. The molecule has 142 valence electrons. The molecule has 27 heavy (non-hydrogen) atoms. The highest BCUT2D eigenvalue weighted by molar-refractivity contribution is 6.34. The number of nitrogens with zero attached hydrogens (tertiary/aromatic N) is 2. The third kappa shape index (κ3) is 4.86. The lowest BCUT2D eigenvalue weighted by Crippen LogP contribution is -2.39. The van der Waals surface area contributed by atoms with Gasteiger partial charge in [-0.1, -0.05) is 60.9 Å². The lowest BCUT2D eigenvalue weighted by atomic mass is 10.0. The quantitative estimate of drug-likeness (QED) is 0.722. The highest BCUT2D eigenvalue weighted by Crippen LogP contribution is 2.24. The number of halogens is 2. The van der Waals surface area contributed by atoms with E-state index < -0.39 is 0 Å². The van der Waals surface area contributed by atoms with Crippen LogP contribution in [0.1, 0.15) is 31.4 Å². The van der Waals surface area contributed by atoms with E-state index in [9.17, 15) is 9.18 Å². The smallest absolute Gasteiger partial charge is 0.225 e. The van der Waals surface area contributed by atoms with Crippen LogP contribution in [0.5, 0.6) is 0 Å². The van der Waals surface area contributed by atoms with Crippen LogP contribution in [-0.2, 0) is 16.2 Å². The molecule has 0 saturated heterocycles. The molecule has 0 unspecified atom stereocenters. The second-order valence-electron chi connectivity index (χ2n) is 6.95. The van der Waals surface area contributed by atoms with Crippen molar-refractivity contribution >= 4 is 23.2 Å². The number of benzene rings is 2. The van der Waals surface area contributed by atoms with E-state index in [0.29, 0.717) is 24.5 Å². The predicted octanol–water partition coefficient (Wildman–Crippen LogP) is 4.66. The van der Waals surface area contributed by atoms with Crippen molar-refractivity contribution in [1.29, 1.82) is 0 Å². The number of amides is 1. The molecule has 0 N–H and O–H groups in total. The molecule has 0 spiro atoms. The summed E-state index contributed by atoms with van der Waals surface area (Å²) in [6.07, 6.45) is 0.307. The minimum Gasteiger partial charge on any atom is -0.390 e. The Morgan fingerprint density at radius 2 is 2.07 bits per heavy atom. The highest BCUT2D eigenvalue weighted by Gasteiger charge is 2.28. The molecular weight excluding hydrogens is 367 g/mol. The first-order valence-electron chi connectivity index (χ1n) is 8.95. The Bertz CT molecular complexity index is 854. The Morgan fingerprint density at radius 3 is 2.78 bits per heavy atom. The zero-order chi connectivity index (χ0) is 19.4. The molecule has 1 heterocycles. The molecule has 1 amide bonds. The monoisotopic (exact) mass is 388 g/mol. The molecule has 3 rings (SSSR count). The fraction of sp³-hybridized carbons (Fsp3) is 0.333. The Kier molecular flexibility index (Phi) is 6.11. The van der Waals surface area contributed by atoms with Crippen LogP contribution in [0.2, 0.25) is 5.02 Å². The number of oxime groups is 1. The van der Waals surface area contributed by atoms with E-state index in [0.717, 1.165) is 16.8 Å². The topological polar surface area (TPSA) is 41.9 Å². The van der Waals surface area contributed by atoms with Crippen molar-refractivity contribution in [3.05, 3.63) is 70.5 Å². The molecule has 0 bridgehead atoms. The minimum absolute atomic E-state index is 0.00550. The zero-order valence-electron chi connectivity index (χ0n) is 15.4. The Hall–Kier alpha value is -2.40. The maximum atomic E-state index is 13.5. The molecule has 0 aliphatic carbocycles. The second-order valence-corrected chi connectivity index (χ2v) is 7.36. The lowest BCUT2D eigenvalue weighted by Gasteiger charge is -2.26. The van der Waals surface area contributed by atoms with Gasteiger partial charge in [0.25, 0.3) is 0 Å². The second kappa shape index (κ2) is 8.53. The van der Waals surface area contributed by atoms with Gasteiger partial charge in [0, 0.05) is 29.5 Å². The molecule has 0 saturated carbocycles. The van der Waals surface area contributed by atoms with Crippen LogP contribution in [0, 0.1) is 11.7 Å². The van der Waals surface area contributed by atoms with Gasteiger partial charge in [0.1, 0.15) is 5.82 Å². The van der Waals surface area contributed by atoms with Gasteiger partial charge in [0.05, 0.1) is 12.3 Å². The molecular formula is C21H22ClFN2O2. The number of hydrogen-bond acceptors (Lipinski definition) is 3. The SMILES string of the molecule is CC(C)C(=O)N(Cc1cccc(F)c1)C[C@H]1CC(c2ccccc2Cl)=NO1. The van der Waals surface area contributed by atoms with Crippen LogP contribution in [0.3, 0.4) is 0 Å². The average molecular weight is 389 g/mol. The van der Waals surface area contributed by atoms with E-state index in [1.165, 1.54) is 12.1 Å². The predicted molar refractivity (Wildman–Crippen MR) is 104 cm³/mol. The minimum atomic E-state index is -0.314. The van der Waals surface area contributed by atoms with E-state index in [1.807, 2.05) is 44.2 Å². The number of rotatable bonds is 6. The van der Waals surface area contributed by atoms with Crippen molar-refractivity contribution in [3.63, 3.8) is 0 Å². The summed E-state index contributed by atoms with van der Waals surface area (Å²) in [5.74, 6) is -0.483. The molecule has 4 nitrogen and oxygen atoms in total. The molecule has 2 aromatic carbocycles. The average Bonchev–Trinajstić information content (AvgIpc) is 3.09. The first kappa shape index (κ1) is 19.4. The van der Waals surface area contributed by atoms with Gasteiger partial charge in [0.2, 0.25) is 5.91 Å². The van der Waals surface area contributed by atoms with Gasteiger partial charge in [-0.05, 0) is 23.8 Å². The number of carbonyl (C=O) groups is 1. The summed E-state index contributed by atoms with van der Waals surface area (Å²) in [6, 6.07) is 13.8. The third-order valence-corrected chi connectivity index (χ3v) is 4.74. The first-order chi connectivity index (χ1) is 12.9. The normalized spacial score (nSPS) is 16.2. The van der Waals surface area contributed by atoms with Crippen molar-refractivity contribution in [2.24, 2.45) is 11.1 Å². The summed E-state index contributed by atoms with van der Waals surface area (Å²) in [7, 11) is 0. The van der Waals surface area contributed by atoms with E-state index in [1.54, 1.807) is 11.0 Å². The van der Waals surface area contributed by atoms with Crippen molar-refractivity contribution in [2.45, 2.75) is 32.9 Å². The summed E-state index contributed by atoms with van der Waals surface area (Å²) >= 11 is 6.24. The first-order valence-corrected chi connectivity index (χ1v) is 9.32. The van der Waals surface area contributed by atoms with Crippen LogP contribution < -0.4 is 0 Å². The zero-order valence-corrected chi connectivity index (χ0v) is 16.1. The van der Waals surface area contributed by atoms with E-state index in [4.69, 9.17) is 16.4 Å².